The Morgan fingerprint density at radius 3 is 2.54 bits per heavy atom. The van der Waals surface area contributed by atoms with Gasteiger partial charge in [0.05, 0.1) is 0 Å². The molecule has 0 unspecified atom stereocenters. The molecule has 24 heavy (non-hydrogen) atoms. The van der Waals surface area contributed by atoms with Gasteiger partial charge >= 0.3 is 0 Å². The van der Waals surface area contributed by atoms with Gasteiger partial charge in [-0.1, -0.05) is 12.1 Å². The zero-order valence-electron chi connectivity index (χ0n) is 13.7. The number of nitrogens with zero attached hydrogens (tertiary/aromatic N) is 1. The van der Waals surface area contributed by atoms with Crippen LogP contribution in [0.3, 0.4) is 0 Å². The lowest BCUT2D eigenvalue weighted by Gasteiger charge is -2.41. The third kappa shape index (κ3) is 3.92. The van der Waals surface area contributed by atoms with E-state index in [-0.39, 0.29) is 24.8 Å². The van der Waals surface area contributed by atoms with Gasteiger partial charge in [0.15, 0.2) is 11.5 Å². The van der Waals surface area contributed by atoms with E-state index < -0.39 is 0 Å². The van der Waals surface area contributed by atoms with Crippen LogP contribution in [0.25, 0.3) is 0 Å². The Bertz CT molecular complexity index is 503. The van der Waals surface area contributed by atoms with Crippen molar-refractivity contribution in [3.8, 4) is 11.5 Å². The highest BCUT2D eigenvalue weighted by Gasteiger charge is 2.34. The molecule has 1 N–H and O–H groups in total. The van der Waals surface area contributed by atoms with Crippen molar-refractivity contribution in [3.63, 3.8) is 0 Å². The molecule has 0 aliphatic carbocycles. The summed E-state index contributed by atoms with van der Waals surface area (Å²) < 4.78 is 17.0. The minimum Gasteiger partial charge on any atom is -0.454 e. The van der Waals surface area contributed by atoms with Crippen LogP contribution in [0.15, 0.2) is 18.2 Å². The van der Waals surface area contributed by atoms with Crippen LogP contribution in [-0.4, -0.2) is 51.1 Å². The number of benzene rings is 1. The van der Waals surface area contributed by atoms with Crippen LogP contribution in [0.2, 0.25) is 0 Å². The first-order valence-electron chi connectivity index (χ1n) is 8.34. The molecular weight excluding hydrogens is 351 g/mol. The van der Waals surface area contributed by atoms with Crippen LogP contribution in [-0.2, 0) is 4.74 Å². The van der Waals surface area contributed by atoms with Crippen LogP contribution in [0.4, 0.5) is 0 Å². The van der Waals surface area contributed by atoms with Gasteiger partial charge in [0, 0.05) is 51.0 Å². The number of nitrogens with one attached hydrogen (secondary N) is 1. The third-order valence-electron chi connectivity index (χ3n) is 5.00. The molecule has 3 heterocycles. The fourth-order valence-electron chi connectivity index (χ4n) is 3.93. The Hall–Kier alpha value is -0.720. The van der Waals surface area contributed by atoms with E-state index in [4.69, 9.17) is 14.2 Å². The Morgan fingerprint density at radius 2 is 1.79 bits per heavy atom. The van der Waals surface area contributed by atoms with Crippen LogP contribution in [0.1, 0.15) is 24.4 Å². The lowest BCUT2D eigenvalue weighted by atomic mass is 9.85. The predicted molar refractivity (Wildman–Crippen MR) is 97.8 cm³/mol. The van der Waals surface area contributed by atoms with E-state index in [0.29, 0.717) is 18.8 Å². The van der Waals surface area contributed by atoms with Gasteiger partial charge in [0.25, 0.3) is 0 Å². The van der Waals surface area contributed by atoms with Gasteiger partial charge in [-0.25, -0.2) is 0 Å². The first kappa shape index (κ1) is 19.6. The average molecular weight is 377 g/mol. The van der Waals surface area contributed by atoms with E-state index in [0.717, 1.165) is 63.7 Å². The Balaban J connectivity index is 0.00000104. The van der Waals surface area contributed by atoms with Crippen molar-refractivity contribution in [2.45, 2.75) is 18.9 Å². The number of hydrogen-bond acceptors (Lipinski definition) is 5. The van der Waals surface area contributed by atoms with Crippen LogP contribution < -0.4 is 14.8 Å². The summed E-state index contributed by atoms with van der Waals surface area (Å²) in [7, 11) is 0. The smallest absolute Gasteiger partial charge is 0.231 e. The normalized spacial score (nSPS) is 22.3. The number of ether oxygens (including phenoxy) is 3. The summed E-state index contributed by atoms with van der Waals surface area (Å²) in [5, 5.41) is 3.45. The SMILES string of the molecule is Cl.Cl.c1cc2c(c([C@H](C3CCOCC3)N3CCNCC3)c1)OCO2. The van der Waals surface area contributed by atoms with Crippen LogP contribution in [0.5, 0.6) is 11.5 Å². The lowest BCUT2D eigenvalue weighted by Crippen LogP contribution is -2.47. The molecular formula is C17H26Cl2N2O3. The maximum atomic E-state index is 5.80. The van der Waals surface area contributed by atoms with Gasteiger partial charge in [0.2, 0.25) is 6.79 Å². The summed E-state index contributed by atoms with van der Waals surface area (Å²) in [6, 6.07) is 6.72. The number of piperazine rings is 1. The molecule has 0 spiro atoms. The fraction of sp³-hybridized carbons (Fsp3) is 0.647. The summed E-state index contributed by atoms with van der Waals surface area (Å²) in [6.45, 7) is 6.39. The fourth-order valence-corrected chi connectivity index (χ4v) is 3.93. The van der Waals surface area contributed by atoms with E-state index in [1.54, 1.807) is 0 Å². The van der Waals surface area contributed by atoms with E-state index in [9.17, 15) is 0 Å². The van der Waals surface area contributed by atoms with Crippen molar-refractivity contribution in [1.82, 2.24) is 10.2 Å². The Labute approximate surface area is 155 Å². The van der Waals surface area contributed by atoms with Gasteiger partial charge in [-0.15, -0.1) is 24.8 Å². The Kier molecular flexibility index (Phi) is 7.44. The molecule has 0 saturated carbocycles. The zero-order chi connectivity index (χ0) is 14.8. The summed E-state index contributed by atoms with van der Waals surface area (Å²) in [5.41, 5.74) is 1.30. The molecule has 0 amide bonds. The third-order valence-corrected chi connectivity index (χ3v) is 5.00. The van der Waals surface area contributed by atoms with Crippen molar-refractivity contribution < 1.29 is 14.2 Å². The number of rotatable bonds is 3. The molecule has 3 aliphatic heterocycles. The second-order valence-corrected chi connectivity index (χ2v) is 6.26. The van der Waals surface area contributed by atoms with Gasteiger partial charge in [-0.05, 0) is 24.8 Å². The predicted octanol–water partition coefficient (Wildman–Crippen LogP) is 2.63. The Morgan fingerprint density at radius 1 is 1.04 bits per heavy atom. The van der Waals surface area contributed by atoms with Crippen molar-refractivity contribution in [2.75, 3.05) is 46.2 Å². The molecule has 5 nitrogen and oxygen atoms in total. The first-order chi connectivity index (χ1) is 10.9. The van der Waals surface area contributed by atoms with Gasteiger partial charge in [0.1, 0.15) is 0 Å². The zero-order valence-corrected chi connectivity index (χ0v) is 15.4. The largest absolute Gasteiger partial charge is 0.454 e. The molecule has 0 aromatic heterocycles. The van der Waals surface area contributed by atoms with E-state index in [1.165, 1.54) is 5.56 Å². The molecule has 1 aromatic rings. The van der Waals surface area contributed by atoms with Gasteiger partial charge < -0.3 is 19.5 Å². The topological polar surface area (TPSA) is 43.0 Å². The van der Waals surface area contributed by atoms with E-state index in [2.05, 4.69) is 22.3 Å². The number of para-hydroxylation sites is 1. The monoisotopic (exact) mass is 376 g/mol. The standard InChI is InChI=1S/C17H24N2O3.2ClH/c1-2-14(17-15(3-1)21-12-22-17)16(13-4-10-20-11-5-13)19-8-6-18-7-9-19;;/h1-3,13,16,18H,4-12H2;2*1H/t16-;;/m0../s1. The molecule has 4 rings (SSSR count). The highest BCUT2D eigenvalue weighted by molar-refractivity contribution is 5.85. The first-order valence-corrected chi connectivity index (χ1v) is 8.34. The summed E-state index contributed by atoms with van der Waals surface area (Å²) >= 11 is 0. The highest BCUT2D eigenvalue weighted by atomic mass is 35.5. The maximum absolute atomic E-state index is 5.80. The summed E-state index contributed by atoms with van der Waals surface area (Å²) in [5.74, 6) is 2.48. The average Bonchev–Trinajstić information content (AvgIpc) is 3.07. The molecule has 0 radical (unpaired) electrons. The molecule has 0 bridgehead atoms. The molecule has 1 atom stereocenters. The van der Waals surface area contributed by atoms with Crippen molar-refractivity contribution in [1.29, 1.82) is 0 Å². The highest BCUT2D eigenvalue weighted by Crippen LogP contribution is 2.44. The lowest BCUT2D eigenvalue weighted by molar-refractivity contribution is 0.0205. The molecule has 1 aromatic carbocycles. The second-order valence-electron chi connectivity index (χ2n) is 6.26. The van der Waals surface area contributed by atoms with Gasteiger partial charge in [-0.2, -0.15) is 0 Å². The quantitative estimate of drug-likeness (QED) is 0.877. The van der Waals surface area contributed by atoms with Crippen molar-refractivity contribution in [2.24, 2.45) is 5.92 Å². The van der Waals surface area contributed by atoms with E-state index >= 15 is 0 Å². The molecule has 2 fully saturated rings. The van der Waals surface area contributed by atoms with Crippen molar-refractivity contribution >= 4 is 24.8 Å². The minimum absolute atomic E-state index is 0. The van der Waals surface area contributed by atoms with Crippen LogP contribution in [0, 0.1) is 5.92 Å². The molecule has 2 saturated heterocycles. The summed E-state index contributed by atoms with van der Waals surface area (Å²) in [4.78, 5) is 2.61. The molecule has 7 heteroatoms. The molecule has 3 aliphatic rings. The number of hydrogen-bond donors (Lipinski definition) is 1. The summed E-state index contributed by atoms with van der Waals surface area (Å²) in [6.07, 6.45) is 2.25. The van der Waals surface area contributed by atoms with Crippen LogP contribution >= 0.6 is 24.8 Å². The second kappa shape index (κ2) is 9.11. The minimum atomic E-state index is 0. The number of halogens is 2. The maximum Gasteiger partial charge on any atom is 0.231 e. The van der Waals surface area contributed by atoms with Crippen molar-refractivity contribution in [3.05, 3.63) is 23.8 Å². The van der Waals surface area contributed by atoms with Gasteiger partial charge in [-0.3, -0.25) is 4.90 Å². The van der Waals surface area contributed by atoms with E-state index in [1.807, 2.05) is 6.07 Å². The molecule has 136 valence electrons. The number of fused-ring (bicyclic) bond motifs is 1.